The van der Waals surface area contributed by atoms with Gasteiger partial charge in [-0.2, -0.15) is 0 Å². The highest BCUT2D eigenvalue weighted by atomic mass is 16.6. The number of methoxy groups -OCH3 is 1. The maximum Gasteiger partial charge on any atom is 0.269 e. The van der Waals surface area contributed by atoms with E-state index in [4.69, 9.17) is 4.74 Å². The van der Waals surface area contributed by atoms with Gasteiger partial charge >= 0.3 is 0 Å². The molecule has 0 radical (unpaired) electrons. The minimum atomic E-state index is -0.739. The fourth-order valence-electron chi connectivity index (χ4n) is 3.65. The number of phenolic OH excluding ortho intramolecular Hbond substituents is 1. The molecular weight excluding hydrogens is 408 g/mol. The maximum atomic E-state index is 13.1. The largest absolute Gasteiger partial charge is 0.508 e. The summed E-state index contributed by atoms with van der Waals surface area (Å²) in [5, 5.41) is 26.5. The maximum absolute atomic E-state index is 13.1. The van der Waals surface area contributed by atoms with E-state index in [2.05, 4.69) is 5.32 Å². The molecule has 32 heavy (non-hydrogen) atoms. The number of hydrogen-bond acceptors (Lipinski definition) is 5. The third-order valence-corrected chi connectivity index (χ3v) is 5.30. The van der Waals surface area contributed by atoms with Crippen LogP contribution in [0.1, 0.15) is 27.5 Å². The Morgan fingerprint density at radius 1 is 0.969 bits per heavy atom. The van der Waals surface area contributed by atoms with E-state index in [-0.39, 0.29) is 17.3 Å². The minimum absolute atomic E-state index is 0.0158. The number of ether oxygens (including phenoxy) is 1. The Hall–Kier alpha value is -4.39. The molecule has 4 rings (SSSR count). The van der Waals surface area contributed by atoms with Gasteiger partial charge in [0.25, 0.3) is 11.6 Å². The number of hydrogen-bond donors (Lipinski definition) is 2. The number of amides is 1. The lowest BCUT2D eigenvalue weighted by atomic mass is 9.92. The second-order valence-electron chi connectivity index (χ2n) is 7.20. The Kier molecular flexibility index (Phi) is 5.72. The molecule has 4 aromatic rings. The highest BCUT2D eigenvalue weighted by Crippen LogP contribution is 2.36. The molecule has 0 unspecified atom stereocenters. The molecule has 0 spiro atoms. The van der Waals surface area contributed by atoms with Crippen LogP contribution in [0.3, 0.4) is 0 Å². The van der Waals surface area contributed by atoms with Crippen molar-refractivity contribution in [1.82, 2.24) is 5.32 Å². The number of carbonyl (C=O) groups excluding carboxylic acids is 1. The topological polar surface area (TPSA) is 102 Å². The average Bonchev–Trinajstić information content (AvgIpc) is 2.83. The molecule has 0 saturated heterocycles. The van der Waals surface area contributed by atoms with E-state index in [9.17, 15) is 20.0 Å². The Bertz CT molecular complexity index is 1280. The van der Waals surface area contributed by atoms with E-state index in [1.807, 2.05) is 24.3 Å². The van der Waals surface area contributed by atoms with Gasteiger partial charge in [-0.05, 0) is 58.8 Å². The van der Waals surface area contributed by atoms with Crippen molar-refractivity contribution >= 4 is 22.4 Å². The van der Waals surface area contributed by atoms with Gasteiger partial charge in [-0.1, -0.05) is 30.3 Å². The number of carbonyl (C=O) groups is 1. The second-order valence-corrected chi connectivity index (χ2v) is 7.20. The summed E-state index contributed by atoms with van der Waals surface area (Å²) in [6.45, 7) is 0. The van der Waals surface area contributed by atoms with Crippen molar-refractivity contribution in [2.75, 3.05) is 7.11 Å². The van der Waals surface area contributed by atoms with Crippen LogP contribution in [0.5, 0.6) is 11.5 Å². The normalized spacial score (nSPS) is 11.7. The Morgan fingerprint density at radius 2 is 1.66 bits per heavy atom. The SMILES string of the molecule is COc1ccc(C(=O)N[C@H](c2ccc([N+](=O)[O-])cc2)c2c(O)ccc3ccccc23)cc1. The first-order valence-corrected chi connectivity index (χ1v) is 9.88. The number of aromatic hydroxyl groups is 1. The van der Waals surface area contributed by atoms with Crippen molar-refractivity contribution in [3.05, 3.63) is 112 Å². The van der Waals surface area contributed by atoms with Gasteiger partial charge in [0.15, 0.2) is 0 Å². The molecule has 0 aliphatic heterocycles. The lowest BCUT2D eigenvalue weighted by Gasteiger charge is -2.23. The van der Waals surface area contributed by atoms with Gasteiger partial charge < -0.3 is 15.2 Å². The van der Waals surface area contributed by atoms with Gasteiger partial charge in [-0.15, -0.1) is 0 Å². The molecule has 0 aromatic heterocycles. The Morgan fingerprint density at radius 3 is 2.31 bits per heavy atom. The number of nitro groups is 1. The van der Waals surface area contributed by atoms with E-state index in [1.165, 1.54) is 12.1 Å². The lowest BCUT2D eigenvalue weighted by Crippen LogP contribution is -2.29. The van der Waals surface area contributed by atoms with Crippen LogP contribution in [0.2, 0.25) is 0 Å². The van der Waals surface area contributed by atoms with E-state index in [0.29, 0.717) is 22.4 Å². The molecule has 1 atom stereocenters. The molecular formula is C25H20N2O5. The van der Waals surface area contributed by atoms with E-state index in [1.54, 1.807) is 55.6 Å². The molecule has 160 valence electrons. The number of fused-ring (bicyclic) bond motifs is 1. The number of nitrogens with one attached hydrogen (secondary N) is 1. The third kappa shape index (κ3) is 4.09. The van der Waals surface area contributed by atoms with Crippen LogP contribution in [0.25, 0.3) is 10.8 Å². The molecule has 1 amide bonds. The number of nitrogens with zero attached hydrogens (tertiary/aromatic N) is 1. The first-order chi connectivity index (χ1) is 15.5. The summed E-state index contributed by atoms with van der Waals surface area (Å²) < 4.78 is 5.14. The van der Waals surface area contributed by atoms with Gasteiger partial charge in [-0.3, -0.25) is 14.9 Å². The van der Waals surface area contributed by atoms with Gasteiger partial charge in [0.1, 0.15) is 11.5 Å². The van der Waals surface area contributed by atoms with Crippen molar-refractivity contribution in [3.8, 4) is 11.5 Å². The predicted molar refractivity (Wildman–Crippen MR) is 121 cm³/mol. The molecule has 0 aliphatic carbocycles. The summed E-state index contributed by atoms with van der Waals surface area (Å²) >= 11 is 0. The van der Waals surface area contributed by atoms with Crippen LogP contribution in [0, 0.1) is 10.1 Å². The van der Waals surface area contributed by atoms with E-state index >= 15 is 0 Å². The summed E-state index contributed by atoms with van der Waals surface area (Å²) in [5.74, 6) is 0.283. The molecule has 2 N–H and O–H groups in total. The van der Waals surface area contributed by atoms with Crippen molar-refractivity contribution in [3.63, 3.8) is 0 Å². The summed E-state index contributed by atoms with van der Waals surface area (Å²) in [5.41, 5.74) is 1.47. The fraction of sp³-hybridized carbons (Fsp3) is 0.0800. The summed E-state index contributed by atoms with van der Waals surface area (Å²) in [4.78, 5) is 23.7. The summed E-state index contributed by atoms with van der Waals surface area (Å²) in [7, 11) is 1.54. The van der Waals surface area contributed by atoms with Crippen molar-refractivity contribution < 1.29 is 19.6 Å². The van der Waals surface area contributed by atoms with Crippen molar-refractivity contribution in [1.29, 1.82) is 0 Å². The zero-order chi connectivity index (χ0) is 22.7. The minimum Gasteiger partial charge on any atom is -0.508 e. The molecule has 4 aromatic carbocycles. The molecule has 7 heteroatoms. The van der Waals surface area contributed by atoms with Crippen LogP contribution in [0.15, 0.2) is 84.9 Å². The summed E-state index contributed by atoms with van der Waals surface area (Å²) in [6.07, 6.45) is 0. The Labute approximate surface area is 184 Å². The average molecular weight is 428 g/mol. The highest BCUT2D eigenvalue weighted by Gasteiger charge is 2.24. The van der Waals surface area contributed by atoms with Crippen LogP contribution in [0.4, 0.5) is 5.69 Å². The number of rotatable bonds is 6. The number of non-ortho nitro benzene ring substituents is 1. The first-order valence-electron chi connectivity index (χ1n) is 9.88. The predicted octanol–water partition coefficient (Wildman–Crippen LogP) is 4.98. The standard InChI is InChI=1S/C25H20N2O5/c1-32-20-13-8-18(9-14-20)25(29)26-24(17-6-11-19(12-7-17)27(30)31)23-21-5-3-2-4-16(21)10-15-22(23)28/h2-15,24,28H,1H3,(H,26,29)/t24-/m1/s1. The highest BCUT2D eigenvalue weighted by molar-refractivity contribution is 5.96. The lowest BCUT2D eigenvalue weighted by molar-refractivity contribution is -0.384. The molecule has 7 nitrogen and oxygen atoms in total. The second kappa shape index (κ2) is 8.77. The Balaban J connectivity index is 1.81. The van der Waals surface area contributed by atoms with Crippen LogP contribution in [-0.2, 0) is 0 Å². The zero-order valence-electron chi connectivity index (χ0n) is 17.2. The zero-order valence-corrected chi connectivity index (χ0v) is 17.2. The quantitative estimate of drug-likeness (QED) is 0.333. The van der Waals surface area contributed by atoms with Gasteiger partial charge in [0, 0.05) is 23.3 Å². The number of nitro benzene ring substituents is 1. The number of benzene rings is 4. The molecule has 0 aliphatic rings. The van der Waals surface area contributed by atoms with Crippen molar-refractivity contribution in [2.24, 2.45) is 0 Å². The van der Waals surface area contributed by atoms with E-state index < -0.39 is 11.0 Å². The van der Waals surface area contributed by atoms with Crippen molar-refractivity contribution in [2.45, 2.75) is 6.04 Å². The molecule has 0 saturated carbocycles. The fourth-order valence-corrected chi connectivity index (χ4v) is 3.65. The third-order valence-electron chi connectivity index (χ3n) is 5.30. The van der Waals surface area contributed by atoms with Crippen LogP contribution >= 0.6 is 0 Å². The van der Waals surface area contributed by atoms with Crippen LogP contribution in [-0.4, -0.2) is 23.0 Å². The first kappa shape index (κ1) is 20.9. The molecule has 0 heterocycles. The van der Waals surface area contributed by atoms with Gasteiger partial charge in [0.05, 0.1) is 18.1 Å². The van der Waals surface area contributed by atoms with Gasteiger partial charge in [0.2, 0.25) is 0 Å². The monoisotopic (exact) mass is 428 g/mol. The number of phenols is 1. The van der Waals surface area contributed by atoms with Crippen LogP contribution < -0.4 is 10.1 Å². The summed E-state index contributed by atoms with van der Waals surface area (Å²) in [6, 6.07) is 22.7. The van der Waals surface area contributed by atoms with E-state index in [0.717, 1.165) is 10.8 Å². The molecule has 0 fully saturated rings. The smallest absolute Gasteiger partial charge is 0.269 e. The van der Waals surface area contributed by atoms with Gasteiger partial charge in [-0.25, -0.2) is 0 Å². The molecule has 0 bridgehead atoms.